The number of rotatable bonds is 5. The van der Waals surface area contributed by atoms with Crippen molar-refractivity contribution >= 4 is 11.6 Å². The number of benzene rings is 1. The van der Waals surface area contributed by atoms with Gasteiger partial charge in [-0.15, -0.1) is 0 Å². The summed E-state index contributed by atoms with van der Waals surface area (Å²) in [6.45, 7) is 2.56. The molecule has 5 nitrogen and oxygen atoms in total. The van der Waals surface area contributed by atoms with Crippen LogP contribution in [0.3, 0.4) is 0 Å². The van der Waals surface area contributed by atoms with Crippen molar-refractivity contribution in [2.24, 2.45) is 5.92 Å². The Hall–Kier alpha value is -1.37. The van der Waals surface area contributed by atoms with E-state index in [4.69, 9.17) is 21.1 Å². The van der Waals surface area contributed by atoms with Crippen LogP contribution < -0.4 is 4.74 Å². The molecule has 2 unspecified atom stereocenters. The number of halogens is 1. The van der Waals surface area contributed by atoms with E-state index in [2.05, 4.69) is 0 Å². The predicted octanol–water partition coefficient (Wildman–Crippen LogP) is 2.18. The van der Waals surface area contributed by atoms with Crippen LogP contribution in [0.4, 0.5) is 0 Å². The Labute approximate surface area is 158 Å². The Morgan fingerprint density at radius 3 is 2.58 bits per heavy atom. The van der Waals surface area contributed by atoms with Crippen LogP contribution in [-0.4, -0.2) is 52.9 Å². The van der Waals surface area contributed by atoms with Crippen molar-refractivity contribution in [1.82, 2.24) is 0 Å². The van der Waals surface area contributed by atoms with Gasteiger partial charge in [0.25, 0.3) is 0 Å². The first-order chi connectivity index (χ1) is 12.5. The second-order valence-electron chi connectivity index (χ2n) is 6.72. The summed E-state index contributed by atoms with van der Waals surface area (Å²) in [5.41, 5.74) is 2.04. The van der Waals surface area contributed by atoms with E-state index in [-0.39, 0.29) is 12.5 Å². The summed E-state index contributed by atoms with van der Waals surface area (Å²) in [7, 11) is 0. The largest absolute Gasteiger partial charge is 0.494 e. The van der Waals surface area contributed by atoms with E-state index in [0.29, 0.717) is 24.5 Å². The third-order valence-electron chi connectivity index (χ3n) is 4.97. The molecule has 1 aliphatic heterocycles. The zero-order valence-corrected chi connectivity index (χ0v) is 15.5. The first kappa shape index (κ1) is 19.4. The van der Waals surface area contributed by atoms with E-state index in [1.165, 1.54) is 0 Å². The van der Waals surface area contributed by atoms with Gasteiger partial charge in [0.1, 0.15) is 24.1 Å². The molecule has 6 heteroatoms. The maximum absolute atomic E-state index is 10.4. The van der Waals surface area contributed by atoms with E-state index < -0.39 is 24.4 Å². The van der Waals surface area contributed by atoms with Crippen LogP contribution in [0.15, 0.2) is 47.0 Å². The first-order valence-electron chi connectivity index (χ1n) is 8.94. The molecule has 3 rings (SSSR count). The lowest BCUT2D eigenvalue weighted by Crippen LogP contribution is -2.55. The van der Waals surface area contributed by atoms with Crippen LogP contribution in [0.2, 0.25) is 0 Å². The molecule has 1 aliphatic carbocycles. The number of aliphatic hydroxyl groups excluding tert-OH is 3. The molecule has 1 saturated heterocycles. The van der Waals surface area contributed by atoms with Gasteiger partial charge in [0.05, 0.1) is 19.3 Å². The molecule has 1 aromatic carbocycles. The van der Waals surface area contributed by atoms with Gasteiger partial charge in [-0.05, 0) is 49.1 Å². The van der Waals surface area contributed by atoms with Crippen LogP contribution in [0.5, 0.6) is 5.75 Å². The summed E-state index contributed by atoms with van der Waals surface area (Å²) >= 11 is 6.46. The fourth-order valence-corrected chi connectivity index (χ4v) is 3.86. The number of allylic oxidation sites excluding steroid dienone is 3. The van der Waals surface area contributed by atoms with Crippen LogP contribution in [-0.2, 0) is 11.2 Å². The summed E-state index contributed by atoms with van der Waals surface area (Å²) < 4.78 is 11.1. The van der Waals surface area contributed by atoms with Gasteiger partial charge in [-0.3, -0.25) is 0 Å². The van der Waals surface area contributed by atoms with Crippen LogP contribution in [0.25, 0.3) is 0 Å². The highest BCUT2D eigenvalue weighted by atomic mass is 35.5. The zero-order valence-electron chi connectivity index (χ0n) is 14.7. The lowest BCUT2D eigenvalue weighted by atomic mass is 9.79. The Balaban J connectivity index is 1.79. The molecule has 0 radical (unpaired) electrons. The van der Waals surface area contributed by atoms with Gasteiger partial charge in [-0.1, -0.05) is 29.8 Å². The average molecular weight is 381 g/mol. The minimum Gasteiger partial charge on any atom is -0.494 e. The summed E-state index contributed by atoms with van der Waals surface area (Å²) in [4.78, 5) is 0. The third kappa shape index (κ3) is 4.13. The van der Waals surface area contributed by atoms with Gasteiger partial charge < -0.3 is 24.8 Å². The second-order valence-corrected chi connectivity index (χ2v) is 7.13. The second kappa shape index (κ2) is 8.55. The van der Waals surface area contributed by atoms with E-state index in [0.717, 1.165) is 16.9 Å². The minimum absolute atomic E-state index is 0.00292. The highest BCUT2D eigenvalue weighted by Gasteiger charge is 2.42. The van der Waals surface area contributed by atoms with Crippen molar-refractivity contribution in [1.29, 1.82) is 0 Å². The van der Waals surface area contributed by atoms with E-state index in [9.17, 15) is 15.3 Å². The summed E-state index contributed by atoms with van der Waals surface area (Å²) in [5, 5.41) is 30.7. The predicted molar refractivity (Wildman–Crippen MR) is 99.2 cm³/mol. The molecule has 0 saturated carbocycles. The summed E-state index contributed by atoms with van der Waals surface area (Å²) in [6, 6.07) is 7.84. The van der Waals surface area contributed by atoms with Crippen molar-refractivity contribution in [3.05, 3.63) is 52.6 Å². The van der Waals surface area contributed by atoms with Crippen LogP contribution in [0, 0.1) is 5.92 Å². The molecule has 1 heterocycles. The number of aliphatic hydroxyl groups is 3. The molecule has 26 heavy (non-hydrogen) atoms. The molecular weight excluding hydrogens is 356 g/mol. The van der Waals surface area contributed by atoms with Gasteiger partial charge in [0, 0.05) is 11.0 Å². The maximum atomic E-state index is 10.4. The van der Waals surface area contributed by atoms with Crippen molar-refractivity contribution in [2.45, 2.75) is 44.2 Å². The standard InChI is InChI=1S/C20H25ClO5/c1-2-25-13-8-6-12(7-9-13)10-15-14(4-3-5-16(15)21)20-19(24)18(23)17(22)11-26-20/h3,5-9,14,17-20,22-24H,2,4,10-11H2,1H3/t14?,17-,18+,19-,20?/m1/s1. The fourth-order valence-electron chi connectivity index (χ4n) is 3.57. The first-order valence-corrected chi connectivity index (χ1v) is 9.31. The molecule has 0 aromatic heterocycles. The Kier molecular flexibility index (Phi) is 6.37. The molecule has 142 valence electrons. The quantitative estimate of drug-likeness (QED) is 0.729. The topological polar surface area (TPSA) is 79.2 Å². The Morgan fingerprint density at radius 2 is 1.88 bits per heavy atom. The van der Waals surface area contributed by atoms with Crippen LogP contribution in [0.1, 0.15) is 18.9 Å². The fraction of sp³-hybridized carbons (Fsp3) is 0.500. The van der Waals surface area contributed by atoms with E-state index in [1.54, 1.807) is 0 Å². The van der Waals surface area contributed by atoms with Gasteiger partial charge in [0.15, 0.2) is 0 Å². The highest BCUT2D eigenvalue weighted by Crippen LogP contribution is 2.37. The number of hydrogen-bond acceptors (Lipinski definition) is 5. The molecule has 0 amide bonds. The Bertz CT molecular complexity index is 669. The van der Waals surface area contributed by atoms with Gasteiger partial charge in [-0.25, -0.2) is 0 Å². The normalized spacial score (nSPS) is 32.0. The molecule has 1 aromatic rings. The smallest absolute Gasteiger partial charge is 0.119 e. The van der Waals surface area contributed by atoms with E-state index in [1.807, 2.05) is 43.3 Å². The van der Waals surface area contributed by atoms with Crippen molar-refractivity contribution < 1.29 is 24.8 Å². The molecule has 0 bridgehead atoms. The molecule has 1 fully saturated rings. The minimum atomic E-state index is -1.22. The van der Waals surface area contributed by atoms with Crippen molar-refractivity contribution in [3.8, 4) is 5.75 Å². The van der Waals surface area contributed by atoms with Crippen LogP contribution >= 0.6 is 11.6 Å². The van der Waals surface area contributed by atoms with E-state index >= 15 is 0 Å². The maximum Gasteiger partial charge on any atom is 0.119 e. The summed E-state index contributed by atoms with van der Waals surface area (Å²) in [6.07, 6.45) is 1.03. The average Bonchev–Trinajstić information content (AvgIpc) is 2.64. The molecule has 5 atom stereocenters. The lowest BCUT2D eigenvalue weighted by molar-refractivity contribution is -0.197. The van der Waals surface area contributed by atoms with Gasteiger partial charge in [-0.2, -0.15) is 0 Å². The highest BCUT2D eigenvalue weighted by molar-refractivity contribution is 6.31. The lowest BCUT2D eigenvalue weighted by Gasteiger charge is -2.41. The molecular formula is C20H25ClO5. The van der Waals surface area contributed by atoms with Gasteiger partial charge >= 0.3 is 0 Å². The Morgan fingerprint density at radius 1 is 1.15 bits per heavy atom. The molecule has 3 N–H and O–H groups in total. The third-order valence-corrected chi connectivity index (χ3v) is 5.34. The molecule has 2 aliphatic rings. The van der Waals surface area contributed by atoms with Crippen molar-refractivity contribution in [2.75, 3.05) is 13.2 Å². The zero-order chi connectivity index (χ0) is 18.7. The number of hydrogen-bond donors (Lipinski definition) is 3. The molecule has 0 spiro atoms. The number of ether oxygens (including phenoxy) is 2. The van der Waals surface area contributed by atoms with Gasteiger partial charge in [0.2, 0.25) is 0 Å². The summed E-state index contributed by atoms with van der Waals surface area (Å²) in [5.74, 6) is 0.663. The SMILES string of the molecule is CCOc1ccc(CC2=C(Cl)C=CCC2C2OC[C@@H](O)[C@H](O)[C@H]2O)cc1. The van der Waals surface area contributed by atoms with Crippen molar-refractivity contribution in [3.63, 3.8) is 0 Å². The monoisotopic (exact) mass is 380 g/mol.